The van der Waals surface area contributed by atoms with Crippen LogP contribution in [-0.4, -0.2) is 53.8 Å². The van der Waals surface area contributed by atoms with Crippen LogP contribution in [0.25, 0.3) is 0 Å². The minimum absolute atomic E-state index is 0.138. The summed E-state index contributed by atoms with van der Waals surface area (Å²) in [5.74, 6) is 0.810. The number of aliphatic imine (C=N–C) groups is 1. The molecule has 1 aromatic rings. The summed E-state index contributed by atoms with van der Waals surface area (Å²) in [6.45, 7) is 5.72. The highest BCUT2D eigenvalue weighted by Gasteiger charge is 2.45. The molecule has 164 valence electrons. The van der Waals surface area contributed by atoms with Gasteiger partial charge >= 0.3 is 6.09 Å². The largest absolute Gasteiger partial charge is 0.444 e. The van der Waals surface area contributed by atoms with Crippen molar-refractivity contribution in [1.29, 1.82) is 0 Å². The molecule has 1 aliphatic carbocycles. The summed E-state index contributed by atoms with van der Waals surface area (Å²) in [5.41, 5.74) is 0.297. The maximum absolute atomic E-state index is 14.0. The zero-order valence-electron chi connectivity index (χ0n) is 18.3. The van der Waals surface area contributed by atoms with Gasteiger partial charge in [0.15, 0.2) is 5.96 Å². The first kappa shape index (κ1) is 20.9. The van der Waals surface area contributed by atoms with Crippen LogP contribution in [0.4, 0.5) is 9.18 Å². The van der Waals surface area contributed by atoms with Crippen molar-refractivity contribution >= 4 is 12.1 Å². The number of fused-ring (bicyclic) bond motifs is 2. The molecule has 0 radical (unpaired) electrons. The number of hydrogen-bond acceptors (Lipinski definition) is 3. The van der Waals surface area contributed by atoms with E-state index < -0.39 is 5.60 Å². The Hall–Kier alpha value is -2.31. The lowest BCUT2D eigenvalue weighted by Crippen LogP contribution is -2.55. The van der Waals surface area contributed by atoms with Crippen LogP contribution in [0.3, 0.4) is 0 Å². The molecule has 0 spiro atoms. The lowest BCUT2D eigenvalue weighted by atomic mass is 9.98. The van der Waals surface area contributed by atoms with Gasteiger partial charge in [0.25, 0.3) is 0 Å². The topological polar surface area (TPSA) is 66.0 Å². The smallest absolute Gasteiger partial charge is 0.410 e. The molecule has 2 saturated heterocycles. The molecule has 4 atom stereocenters. The van der Waals surface area contributed by atoms with Crippen LogP contribution in [0.1, 0.15) is 64.4 Å². The highest BCUT2D eigenvalue weighted by Crippen LogP contribution is 2.42. The van der Waals surface area contributed by atoms with Gasteiger partial charge in [-0.25, -0.2) is 9.18 Å². The molecule has 2 bridgehead atoms. The number of amides is 1. The van der Waals surface area contributed by atoms with Crippen LogP contribution in [0.15, 0.2) is 29.3 Å². The van der Waals surface area contributed by atoms with Crippen molar-refractivity contribution in [3.05, 3.63) is 35.6 Å². The van der Waals surface area contributed by atoms with E-state index >= 15 is 0 Å². The summed E-state index contributed by atoms with van der Waals surface area (Å²) in [4.78, 5) is 19.0. The third-order valence-corrected chi connectivity index (χ3v) is 6.32. The van der Waals surface area contributed by atoms with E-state index in [-0.39, 0.29) is 42.0 Å². The number of halogens is 1. The molecule has 7 heteroatoms. The first-order valence-electron chi connectivity index (χ1n) is 11.0. The van der Waals surface area contributed by atoms with Crippen LogP contribution < -0.4 is 10.6 Å². The summed E-state index contributed by atoms with van der Waals surface area (Å²) in [6.07, 6.45) is 4.53. The van der Waals surface area contributed by atoms with E-state index in [2.05, 4.69) is 15.6 Å². The fourth-order valence-electron chi connectivity index (χ4n) is 4.92. The first-order valence-corrected chi connectivity index (χ1v) is 11.0. The van der Waals surface area contributed by atoms with Gasteiger partial charge in [0.1, 0.15) is 11.4 Å². The SMILES string of the molecule is CN=C(NC1CC2CCC(C1)N2C(=O)OC(C)(C)C)NC1CC1c1ccccc1F. The standard InChI is InChI=1S/C23H33FN4O2/c1-23(2,3)30-22(29)28-15-9-10-16(28)12-14(11-15)26-21(25-4)27-20-13-18(20)17-7-5-6-8-19(17)24/h5-8,14-16,18,20H,9-13H2,1-4H3,(H2,25,26,27). The Kier molecular flexibility index (Phi) is 5.64. The quantitative estimate of drug-likeness (QED) is 0.581. The number of nitrogens with zero attached hydrogens (tertiary/aromatic N) is 2. The molecular weight excluding hydrogens is 383 g/mol. The number of guanidine groups is 1. The molecule has 3 aliphatic rings. The Morgan fingerprint density at radius 3 is 2.40 bits per heavy atom. The summed E-state index contributed by atoms with van der Waals surface area (Å²) < 4.78 is 19.6. The van der Waals surface area contributed by atoms with Gasteiger partial charge in [-0.1, -0.05) is 18.2 Å². The number of benzene rings is 1. The first-order chi connectivity index (χ1) is 14.2. The van der Waals surface area contributed by atoms with E-state index in [0.717, 1.165) is 43.6 Å². The van der Waals surface area contributed by atoms with Crippen LogP contribution in [0.5, 0.6) is 0 Å². The second-order valence-corrected chi connectivity index (χ2v) is 9.77. The number of rotatable bonds is 3. The minimum atomic E-state index is -0.476. The Morgan fingerprint density at radius 2 is 1.80 bits per heavy atom. The summed E-state index contributed by atoms with van der Waals surface area (Å²) in [7, 11) is 1.76. The number of carbonyl (C=O) groups is 1. The summed E-state index contributed by atoms with van der Waals surface area (Å²) in [5, 5.41) is 6.98. The predicted octanol–water partition coefficient (Wildman–Crippen LogP) is 3.78. The molecule has 30 heavy (non-hydrogen) atoms. The Bertz CT molecular complexity index is 808. The molecule has 0 aromatic heterocycles. The lowest BCUT2D eigenvalue weighted by molar-refractivity contribution is 0.00545. The monoisotopic (exact) mass is 416 g/mol. The van der Waals surface area contributed by atoms with Gasteiger partial charge in [0.05, 0.1) is 0 Å². The van der Waals surface area contributed by atoms with Crippen molar-refractivity contribution in [2.75, 3.05) is 7.05 Å². The van der Waals surface area contributed by atoms with Gasteiger partial charge in [-0.05, 0) is 64.5 Å². The average Bonchev–Trinajstić information content (AvgIpc) is 3.37. The number of ether oxygens (including phenoxy) is 1. The van der Waals surface area contributed by atoms with Crippen LogP contribution in [0.2, 0.25) is 0 Å². The zero-order valence-corrected chi connectivity index (χ0v) is 18.3. The van der Waals surface area contributed by atoms with Gasteiger partial charge in [-0.15, -0.1) is 0 Å². The van der Waals surface area contributed by atoms with E-state index in [1.54, 1.807) is 13.1 Å². The van der Waals surface area contributed by atoms with Crippen molar-refractivity contribution in [1.82, 2.24) is 15.5 Å². The number of piperidine rings is 1. The highest BCUT2D eigenvalue weighted by molar-refractivity contribution is 5.81. The average molecular weight is 417 g/mol. The van der Waals surface area contributed by atoms with Gasteiger partial charge < -0.3 is 20.3 Å². The molecule has 4 rings (SSSR count). The van der Waals surface area contributed by atoms with Crippen molar-refractivity contribution in [2.45, 2.75) is 88.6 Å². The van der Waals surface area contributed by atoms with Gasteiger partial charge in [0.2, 0.25) is 0 Å². The van der Waals surface area contributed by atoms with Crippen molar-refractivity contribution < 1.29 is 13.9 Å². The molecule has 4 unspecified atom stereocenters. The molecule has 6 nitrogen and oxygen atoms in total. The third-order valence-electron chi connectivity index (χ3n) is 6.32. The molecule has 1 aromatic carbocycles. The molecule has 1 amide bonds. The van der Waals surface area contributed by atoms with E-state index in [9.17, 15) is 9.18 Å². The second-order valence-electron chi connectivity index (χ2n) is 9.77. The van der Waals surface area contributed by atoms with Crippen LogP contribution >= 0.6 is 0 Å². The van der Waals surface area contributed by atoms with E-state index in [0.29, 0.717) is 0 Å². The van der Waals surface area contributed by atoms with Crippen LogP contribution in [-0.2, 0) is 4.74 Å². The molecule has 2 N–H and O–H groups in total. The van der Waals surface area contributed by atoms with E-state index in [1.165, 1.54) is 6.07 Å². The van der Waals surface area contributed by atoms with E-state index in [1.807, 2.05) is 37.8 Å². The summed E-state index contributed by atoms with van der Waals surface area (Å²) >= 11 is 0. The third kappa shape index (κ3) is 4.55. The highest BCUT2D eigenvalue weighted by atomic mass is 19.1. The molecule has 2 aliphatic heterocycles. The van der Waals surface area contributed by atoms with Gasteiger partial charge in [0, 0.05) is 37.1 Å². The Balaban J connectivity index is 1.31. The van der Waals surface area contributed by atoms with E-state index in [4.69, 9.17) is 4.74 Å². The fraction of sp³-hybridized carbons (Fsp3) is 0.652. The normalized spacial score (nSPS) is 30.8. The zero-order chi connectivity index (χ0) is 21.5. The Labute approximate surface area is 178 Å². The number of nitrogens with one attached hydrogen (secondary N) is 2. The molecule has 1 saturated carbocycles. The molecular formula is C23H33FN4O2. The Morgan fingerprint density at radius 1 is 1.13 bits per heavy atom. The predicted molar refractivity (Wildman–Crippen MR) is 115 cm³/mol. The fourth-order valence-corrected chi connectivity index (χ4v) is 4.92. The van der Waals surface area contributed by atoms with Crippen molar-refractivity contribution in [3.63, 3.8) is 0 Å². The molecule has 2 heterocycles. The molecule has 3 fully saturated rings. The van der Waals surface area contributed by atoms with Gasteiger partial charge in [-0.2, -0.15) is 0 Å². The van der Waals surface area contributed by atoms with Crippen molar-refractivity contribution in [3.8, 4) is 0 Å². The summed E-state index contributed by atoms with van der Waals surface area (Å²) in [6, 6.07) is 7.87. The lowest BCUT2D eigenvalue weighted by Gasteiger charge is -2.40. The number of carbonyl (C=O) groups excluding carboxylic acids is 1. The number of hydrogen-bond donors (Lipinski definition) is 2. The maximum atomic E-state index is 14.0. The van der Waals surface area contributed by atoms with Gasteiger partial charge in [-0.3, -0.25) is 4.99 Å². The second kappa shape index (κ2) is 8.08. The minimum Gasteiger partial charge on any atom is -0.444 e. The van der Waals surface area contributed by atoms with Crippen LogP contribution in [0, 0.1) is 5.82 Å². The van der Waals surface area contributed by atoms with Crippen molar-refractivity contribution in [2.24, 2.45) is 4.99 Å². The maximum Gasteiger partial charge on any atom is 0.410 e.